The van der Waals surface area contributed by atoms with Gasteiger partial charge in [0.25, 0.3) is 5.91 Å². The molecule has 1 aliphatic carbocycles. The third-order valence-corrected chi connectivity index (χ3v) is 5.92. The third kappa shape index (κ3) is 3.18. The van der Waals surface area contributed by atoms with Crippen LogP contribution >= 0.6 is 0 Å². The van der Waals surface area contributed by atoms with Crippen LogP contribution in [0.3, 0.4) is 0 Å². The maximum atomic E-state index is 13.2. The number of amides is 1. The second-order valence-corrected chi connectivity index (χ2v) is 8.16. The molecule has 1 saturated heterocycles. The lowest BCUT2D eigenvalue weighted by Gasteiger charge is -2.46. The summed E-state index contributed by atoms with van der Waals surface area (Å²) in [4.78, 5) is 36.1. The molecule has 2 unspecified atom stereocenters. The number of aromatic nitrogens is 2. The normalized spacial score (nSPS) is 26.6. The van der Waals surface area contributed by atoms with Gasteiger partial charge in [0.15, 0.2) is 5.78 Å². The minimum absolute atomic E-state index is 0.0956. The van der Waals surface area contributed by atoms with Crippen molar-refractivity contribution in [3.05, 3.63) is 47.6 Å². The number of nitrogens with zero attached hydrogens (tertiary/aromatic N) is 3. The van der Waals surface area contributed by atoms with E-state index in [1.807, 2.05) is 11.8 Å². The summed E-state index contributed by atoms with van der Waals surface area (Å²) in [6.45, 7) is 6.28. The molecule has 8 heteroatoms. The quantitative estimate of drug-likeness (QED) is 0.672. The van der Waals surface area contributed by atoms with Crippen molar-refractivity contribution in [1.29, 1.82) is 0 Å². The van der Waals surface area contributed by atoms with Crippen LogP contribution in [0.15, 0.2) is 47.6 Å². The Morgan fingerprint density at radius 3 is 2.86 bits per heavy atom. The topological polar surface area (TPSA) is 113 Å². The van der Waals surface area contributed by atoms with E-state index in [0.717, 1.165) is 18.4 Å². The smallest absolute Gasteiger partial charge is 0.269 e. The fourth-order valence-electron chi connectivity index (χ4n) is 4.65. The summed E-state index contributed by atoms with van der Waals surface area (Å²) in [6.07, 6.45) is 9.15. The van der Waals surface area contributed by atoms with Crippen LogP contribution in [0, 0.1) is 11.8 Å². The SMILES string of the molecule is CC1=C2C(=O)NC3(C=CCCC3C(C)C)N2CC(=O)C(Nc2cc(N)ncn2)=C1. The fourth-order valence-corrected chi connectivity index (χ4v) is 4.65. The Hall–Kier alpha value is -3.16. The molecule has 4 N–H and O–H groups in total. The average molecular weight is 394 g/mol. The lowest BCUT2D eigenvalue weighted by atomic mass is 9.76. The van der Waals surface area contributed by atoms with Crippen LogP contribution in [0.2, 0.25) is 0 Å². The lowest BCUT2D eigenvalue weighted by molar-refractivity contribution is -0.118. The Labute approximate surface area is 170 Å². The van der Waals surface area contributed by atoms with Crippen LogP contribution < -0.4 is 16.4 Å². The zero-order valence-electron chi connectivity index (χ0n) is 16.9. The predicted octanol–water partition coefficient (Wildman–Crippen LogP) is 1.96. The van der Waals surface area contributed by atoms with Crippen LogP contribution in [-0.4, -0.2) is 38.8 Å². The summed E-state index contributed by atoms with van der Waals surface area (Å²) in [5.74, 6) is 1.06. The average Bonchev–Trinajstić information content (AvgIpc) is 2.84. The molecular formula is C21H26N6O2. The van der Waals surface area contributed by atoms with Gasteiger partial charge in [0, 0.05) is 12.0 Å². The van der Waals surface area contributed by atoms with E-state index >= 15 is 0 Å². The van der Waals surface area contributed by atoms with Crippen molar-refractivity contribution >= 4 is 23.3 Å². The van der Waals surface area contributed by atoms with Crippen LogP contribution in [0.1, 0.15) is 33.6 Å². The summed E-state index contributed by atoms with van der Waals surface area (Å²) in [5.41, 5.74) is 6.71. The first-order valence-corrected chi connectivity index (χ1v) is 9.90. The molecule has 1 spiro atoms. The van der Waals surface area contributed by atoms with Crippen LogP contribution in [0.5, 0.6) is 0 Å². The first-order chi connectivity index (χ1) is 13.8. The number of allylic oxidation sites excluding steroid dienone is 3. The molecule has 1 aromatic rings. The molecule has 4 rings (SSSR count). The first-order valence-electron chi connectivity index (χ1n) is 9.90. The highest BCUT2D eigenvalue weighted by atomic mass is 16.2. The molecule has 0 aromatic carbocycles. The number of ketones is 1. The molecule has 0 radical (unpaired) electrons. The molecule has 1 fully saturated rings. The van der Waals surface area contributed by atoms with Gasteiger partial charge in [0.2, 0.25) is 0 Å². The Bertz CT molecular complexity index is 964. The number of fused-ring (bicyclic) bond motifs is 2. The summed E-state index contributed by atoms with van der Waals surface area (Å²) < 4.78 is 0. The molecule has 3 aliphatic rings. The van der Waals surface area contributed by atoms with E-state index in [4.69, 9.17) is 5.73 Å². The molecule has 0 saturated carbocycles. The molecule has 29 heavy (non-hydrogen) atoms. The predicted molar refractivity (Wildman–Crippen MR) is 110 cm³/mol. The van der Waals surface area contributed by atoms with Gasteiger partial charge >= 0.3 is 0 Å². The van der Waals surface area contributed by atoms with Gasteiger partial charge in [-0.25, -0.2) is 9.97 Å². The largest absolute Gasteiger partial charge is 0.384 e. The summed E-state index contributed by atoms with van der Waals surface area (Å²) >= 11 is 0. The molecular weight excluding hydrogens is 368 g/mol. The molecule has 0 bridgehead atoms. The maximum Gasteiger partial charge on any atom is 0.269 e. The summed E-state index contributed by atoms with van der Waals surface area (Å²) in [5, 5.41) is 6.24. The van der Waals surface area contributed by atoms with Crippen molar-refractivity contribution in [3.8, 4) is 0 Å². The summed E-state index contributed by atoms with van der Waals surface area (Å²) in [6, 6.07) is 1.56. The zero-order valence-corrected chi connectivity index (χ0v) is 16.9. The number of nitrogen functional groups attached to an aromatic ring is 1. The minimum Gasteiger partial charge on any atom is -0.384 e. The number of nitrogens with two attached hydrogens (primary N) is 1. The molecule has 3 heterocycles. The minimum atomic E-state index is -0.668. The van der Waals surface area contributed by atoms with Crippen molar-refractivity contribution in [1.82, 2.24) is 20.2 Å². The molecule has 2 atom stereocenters. The van der Waals surface area contributed by atoms with E-state index in [1.54, 1.807) is 12.1 Å². The molecule has 2 aliphatic heterocycles. The van der Waals surface area contributed by atoms with E-state index in [-0.39, 0.29) is 24.2 Å². The fraction of sp³-hybridized carbons (Fsp3) is 0.429. The number of carbonyl (C=O) groups excluding carboxylic acids is 2. The molecule has 152 valence electrons. The number of nitrogens with one attached hydrogen (secondary N) is 2. The van der Waals surface area contributed by atoms with E-state index in [9.17, 15) is 9.59 Å². The van der Waals surface area contributed by atoms with Gasteiger partial charge in [-0.2, -0.15) is 0 Å². The van der Waals surface area contributed by atoms with Gasteiger partial charge in [-0.15, -0.1) is 0 Å². The Balaban J connectivity index is 1.73. The third-order valence-electron chi connectivity index (χ3n) is 5.92. The Morgan fingerprint density at radius 1 is 1.34 bits per heavy atom. The number of rotatable bonds is 3. The van der Waals surface area contributed by atoms with Crippen molar-refractivity contribution in [2.24, 2.45) is 11.8 Å². The van der Waals surface area contributed by atoms with Crippen LogP contribution in [0.4, 0.5) is 11.6 Å². The van der Waals surface area contributed by atoms with Gasteiger partial charge in [-0.3, -0.25) is 9.59 Å². The van der Waals surface area contributed by atoms with E-state index < -0.39 is 5.66 Å². The van der Waals surface area contributed by atoms with E-state index in [2.05, 4.69) is 46.6 Å². The van der Waals surface area contributed by atoms with Gasteiger partial charge in [0.05, 0.1) is 12.2 Å². The van der Waals surface area contributed by atoms with E-state index in [0.29, 0.717) is 28.9 Å². The molecule has 1 amide bonds. The lowest BCUT2D eigenvalue weighted by Crippen LogP contribution is -2.59. The van der Waals surface area contributed by atoms with Crippen molar-refractivity contribution in [2.75, 3.05) is 17.6 Å². The van der Waals surface area contributed by atoms with Crippen molar-refractivity contribution < 1.29 is 9.59 Å². The van der Waals surface area contributed by atoms with Gasteiger partial charge in [0.1, 0.15) is 29.3 Å². The zero-order chi connectivity index (χ0) is 20.8. The van der Waals surface area contributed by atoms with Crippen molar-refractivity contribution in [2.45, 2.75) is 39.3 Å². The van der Waals surface area contributed by atoms with Crippen LogP contribution in [0.25, 0.3) is 0 Å². The number of hydrogen-bond acceptors (Lipinski definition) is 7. The highest BCUT2D eigenvalue weighted by Crippen LogP contribution is 2.43. The van der Waals surface area contributed by atoms with E-state index in [1.165, 1.54) is 6.33 Å². The number of carbonyl (C=O) groups is 2. The van der Waals surface area contributed by atoms with Gasteiger partial charge in [-0.05, 0) is 43.4 Å². The standard InChI is InChI=1S/C21H26N6O2/c1-12(2)14-6-4-5-7-21(14)26-20(29)19-13(3)8-15(16(28)10-27(19)21)25-18-9-17(22)23-11-24-18/h5,7-9,11-12,14H,4,6,10H2,1-3H3,(H,26,29)(H3,22,23,24,25). The van der Waals surface area contributed by atoms with Crippen LogP contribution in [-0.2, 0) is 9.59 Å². The highest BCUT2D eigenvalue weighted by Gasteiger charge is 2.53. The van der Waals surface area contributed by atoms with Gasteiger partial charge < -0.3 is 21.3 Å². The Kier molecular flexibility index (Phi) is 4.64. The number of Topliss-reactive ketones (excluding diaryl/α,β-unsaturated/α-hetero) is 1. The maximum absolute atomic E-state index is 13.2. The van der Waals surface area contributed by atoms with Gasteiger partial charge in [-0.1, -0.05) is 19.9 Å². The Morgan fingerprint density at radius 2 is 2.14 bits per heavy atom. The van der Waals surface area contributed by atoms with Crippen molar-refractivity contribution in [3.63, 3.8) is 0 Å². The number of anilines is 2. The second-order valence-electron chi connectivity index (χ2n) is 8.16. The highest BCUT2D eigenvalue weighted by molar-refractivity contribution is 6.05. The second kappa shape index (κ2) is 7.02. The first kappa shape index (κ1) is 19.2. The molecule has 1 aromatic heterocycles. The number of hydrogen-bond donors (Lipinski definition) is 3. The summed E-state index contributed by atoms with van der Waals surface area (Å²) in [7, 11) is 0. The monoisotopic (exact) mass is 394 g/mol. The molecule has 8 nitrogen and oxygen atoms in total.